The lowest BCUT2D eigenvalue weighted by molar-refractivity contribution is -0.156. The minimum Gasteiger partial charge on any atom is -0.458 e. The van der Waals surface area contributed by atoms with Crippen molar-refractivity contribution in [2.24, 2.45) is 0 Å². The van der Waals surface area contributed by atoms with E-state index in [9.17, 15) is 4.79 Å². The molecular formula is C27H54O4Si. The summed E-state index contributed by atoms with van der Waals surface area (Å²) in [6.45, 7) is 16.4. The molecule has 0 N–H and O–H groups in total. The van der Waals surface area contributed by atoms with Gasteiger partial charge >= 0.3 is 14.5 Å². The second-order valence-electron chi connectivity index (χ2n) is 11.8. The predicted molar refractivity (Wildman–Crippen MR) is 137 cm³/mol. The van der Waals surface area contributed by atoms with E-state index in [0.717, 1.165) is 12.8 Å². The monoisotopic (exact) mass is 470 g/mol. The van der Waals surface area contributed by atoms with Gasteiger partial charge in [-0.05, 0) is 6.42 Å². The van der Waals surface area contributed by atoms with Crippen LogP contribution in [0.25, 0.3) is 0 Å². The van der Waals surface area contributed by atoms with Crippen molar-refractivity contribution in [1.82, 2.24) is 0 Å². The first kappa shape index (κ1) is 29.6. The molecule has 4 nitrogen and oxygen atoms in total. The van der Waals surface area contributed by atoms with Crippen molar-refractivity contribution in [3.8, 4) is 0 Å². The molecule has 0 spiro atoms. The summed E-state index contributed by atoms with van der Waals surface area (Å²) in [7, 11) is -2.43. The largest absolute Gasteiger partial charge is 0.458 e. The number of unbranched alkanes of at least 4 members (excludes halogenated alkanes) is 12. The summed E-state index contributed by atoms with van der Waals surface area (Å²) < 4.78 is 18.4. The number of carbonyl (C=O) groups excluding carboxylic acids is 1. The van der Waals surface area contributed by atoms with Gasteiger partial charge in [0.1, 0.15) is 6.10 Å². The lowest BCUT2D eigenvalue weighted by atomic mass is 10.0. The van der Waals surface area contributed by atoms with Crippen molar-refractivity contribution in [2.75, 3.05) is 13.2 Å². The third-order valence-electron chi connectivity index (χ3n) is 6.70. The maximum atomic E-state index is 12.2. The van der Waals surface area contributed by atoms with E-state index in [4.69, 9.17) is 13.6 Å². The minimum absolute atomic E-state index is 0.0329. The number of carbonyl (C=O) groups is 1. The van der Waals surface area contributed by atoms with Gasteiger partial charge in [-0.2, -0.15) is 0 Å². The molecule has 1 fully saturated rings. The van der Waals surface area contributed by atoms with E-state index in [2.05, 4.69) is 48.5 Å². The summed E-state index contributed by atoms with van der Waals surface area (Å²) in [5.41, 5.74) is 0. The highest BCUT2D eigenvalue weighted by Gasteiger charge is 2.60. The zero-order chi connectivity index (χ0) is 24.1. The van der Waals surface area contributed by atoms with Gasteiger partial charge in [0, 0.05) is 16.5 Å². The third-order valence-corrected chi connectivity index (χ3v) is 11.8. The summed E-state index contributed by atoms with van der Waals surface area (Å²) in [4.78, 5) is 12.2. The van der Waals surface area contributed by atoms with Gasteiger partial charge in [0.2, 0.25) is 0 Å². The quantitative estimate of drug-likeness (QED) is 0.137. The van der Waals surface area contributed by atoms with Gasteiger partial charge in [0.25, 0.3) is 0 Å². The Morgan fingerprint density at radius 1 is 0.719 bits per heavy atom. The first-order valence-electron chi connectivity index (χ1n) is 13.5. The maximum Gasteiger partial charge on any atom is 0.349 e. The number of hydrogen-bond donors (Lipinski definition) is 0. The Morgan fingerprint density at radius 2 is 1.09 bits per heavy atom. The molecule has 0 aromatic carbocycles. The maximum absolute atomic E-state index is 12.2. The Kier molecular flexibility index (Phi) is 13.7. The fourth-order valence-corrected chi connectivity index (χ4v) is 10.0. The molecule has 1 heterocycles. The van der Waals surface area contributed by atoms with E-state index in [1.165, 1.54) is 70.6 Å². The predicted octanol–water partition coefficient (Wildman–Crippen LogP) is 8.47. The van der Waals surface area contributed by atoms with E-state index in [-0.39, 0.29) is 22.1 Å². The molecule has 0 unspecified atom stereocenters. The van der Waals surface area contributed by atoms with Crippen LogP contribution in [0.4, 0.5) is 0 Å². The zero-order valence-electron chi connectivity index (χ0n) is 22.5. The van der Waals surface area contributed by atoms with E-state index in [0.29, 0.717) is 19.6 Å². The van der Waals surface area contributed by atoms with E-state index in [1.54, 1.807) is 0 Å². The fourth-order valence-electron chi connectivity index (χ4n) is 5.10. The van der Waals surface area contributed by atoms with Crippen LogP contribution in [0.3, 0.4) is 0 Å². The van der Waals surface area contributed by atoms with Crippen LogP contribution < -0.4 is 0 Å². The van der Waals surface area contributed by atoms with Gasteiger partial charge in [-0.3, -0.25) is 4.79 Å². The average molecular weight is 471 g/mol. The van der Waals surface area contributed by atoms with Crippen molar-refractivity contribution in [3.05, 3.63) is 0 Å². The molecule has 32 heavy (non-hydrogen) atoms. The molecule has 0 radical (unpaired) electrons. The van der Waals surface area contributed by atoms with Crippen molar-refractivity contribution < 1.29 is 18.4 Å². The normalized spacial score (nSPS) is 17.5. The summed E-state index contributed by atoms with van der Waals surface area (Å²) >= 11 is 0. The first-order chi connectivity index (χ1) is 15.0. The molecule has 190 valence electrons. The Morgan fingerprint density at radius 3 is 1.47 bits per heavy atom. The molecule has 0 atom stereocenters. The number of hydrogen-bond acceptors (Lipinski definition) is 4. The van der Waals surface area contributed by atoms with Crippen LogP contribution in [0.5, 0.6) is 0 Å². The first-order valence-corrected chi connectivity index (χ1v) is 15.3. The molecule has 0 bridgehead atoms. The van der Waals surface area contributed by atoms with E-state index >= 15 is 0 Å². The molecule has 0 aromatic heterocycles. The molecule has 0 amide bonds. The van der Waals surface area contributed by atoms with Crippen LogP contribution in [0.1, 0.15) is 138 Å². The van der Waals surface area contributed by atoms with Gasteiger partial charge in [-0.15, -0.1) is 0 Å². The topological polar surface area (TPSA) is 44.8 Å². The summed E-state index contributed by atoms with van der Waals surface area (Å²) in [5.74, 6) is -0.106. The lowest BCUT2D eigenvalue weighted by Gasteiger charge is -2.51. The standard InChI is InChI=1S/C27H54O4Si/c1-8-9-10-11-12-13-14-15-16-17-18-19-20-21-25(28)31-24-22-29-32(30-23-24,26(2,3)4)27(5,6)7/h24H,8-23H2,1-7H3. The van der Waals surface area contributed by atoms with E-state index < -0.39 is 8.56 Å². The summed E-state index contributed by atoms with van der Waals surface area (Å²) in [5, 5.41) is -0.0657. The Balaban J connectivity index is 2.08. The van der Waals surface area contributed by atoms with Crippen molar-refractivity contribution in [2.45, 2.75) is 155 Å². The van der Waals surface area contributed by atoms with Crippen molar-refractivity contribution in [1.29, 1.82) is 0 Å². The number of rotatable bonds is 15. The molecule has 0 aromatic rings. The molecule has 0 aliphatic carbocycles. The molecular weight excluding hydrogens is 416 g/mol. The van der Waals surface area contributed by atoms with Gasteiger partial charge in [-0.25, -0.2) is 0 Å². The highest BCUT2D eigenvalue weighted by atomic mass is 28.4. The summed E-state index contributed by atoms with van der Waals surface area (Å²) in [6.07, 6.45) is 17.3. The van der Waals surface area contributed by atoms with Gasteiger partial charge < -0.3 is 13.6 Å². The van der Waals surface area contributed by atoms with Gasteiger partial charge in [-0.1, -0.05) is 126 Å². The second-order valence-corrected chi connectivity index (χ2v) is 16.7. The summed E-state index contributed by atoms with van der Waals surface area (Å²) in [6, 6.07) is 0. The smallest absolute Gasteiger partial charge is 0.349 e. The fraction of sp³-hybridized carbons (Fsp3) is 0.963. The van der Waals surface area contributed by atoms with Crippen LogP contribution in [-0.2, 0) is 18.4 Å². The highest BCUT2D eigenvalue weighted by Crippen LogP contribution is 2.53. The second kappa shape index (κ2) is 14.8. The average Bonchev–Trinajstić information content (AvgIpc) is 2.70. The molecule has 0 saturated carbocycles. The molecule has 1 rings (SSSR count). The van der Waals surface area contributed by atoms with Gasteiger partial charge in [0.05, 0.1) is 13.2 Å². The van der Waals surface area contributed by atoms with Crippen LogP contribution in [0.2, 0.25) is 10.1 Å². The third kappa shape index (κ3) is 10.3. The number of esters is 1. The molecule has 5 heteroatoms. The Labute approximate surface area is 200 Å². The Bertz CT molecular complexity index is 483. The number of ether oxygens (including phenoxy) is 1. The lowest BCUT2D eigenvalue weighted by Crippen LogP contribution is -2.62. The molecule has 1 aliphatic heterocycles. The SMILES string of the molecule is CCCCCCCCCCCCCCCC(=O)OC1CO[Si](C(C)(C)C)(C(C)(C)C)OC1. The zero-order valence-corrected chi connectivity index (χ0v) is 23.5. The minimum atomic E-state index is -2.43. The Hall–Kier alpha value is -0.393. The molecule has 1 saturated heterocycles. The highest BCUT2D eigenvalue weighted by molar-refractivity contribution is 6.73. The van der Waals surface area contributed by atoms with Crippen molar-refractivity contribution in [3.63, 3.8) is 0 Å². The van der Waals surface area contributed by atoms with Gasteiger partial charge in [0.15, 0.2) is 0 Å². The van der Waals surface area contributed by atoms with Crippen LogP contribution in [0, 0.1) is 0 Å². The molecule has 1 aliphatic rings. The van der Waals surface area contributed by atoms with Crippen LogP contribution >= 0.6 is 0 Å². The van der Waals surface area contributed by atoms with Crippen LogP contribution in [0.15, 0.2) is 0 Å². The van der Waals surface area contributed by atoms with Crippen LogP contribution in [-0.4, -0.2) is 33.8 Å². The van der Waals surface area contributed by atoms with Crippen molar-refractivity contribution >= 4 is 14.5 Å². The van der Waals surface area contributed by atoms with E-state index in [1.807, 2.05) is 0 Å².